The number of aromatic nitrogens is 1. The number of hydrogen-bond acceptors (Lipinski definition) is 4. The molecule has 1 saturated heterocycles. The van der Waals surface area contributed by atoms with Gasteiger partial charge in [0.05, 0.1) is 17.7 Å². The van der Waals surface area contributed by atoms with Crippen molar-refractivity contribution in [3.63, 3.8) is 0 Å². The first-order valence-electron chi connectivity index (χ1n) is 9.12. The summed E-state index contributed by atoms with van der Waals surface area (Å²) in [5.74, 6) is -0.711. The lowest BCUT2D eigenvalue weighted by molar-refractivity contribution is -0.117. The van der Waals surface area contributed by atoms with E-state index in [0.29, 0.717) is 12.2 Å². The molecule has 28 heavy (non-hydrogen) atoms. The lowest BCUT2D eigenvalue weighted by atomic mass is 9.80. The molecule has 0 saturated carbocycles. The summed E-state index contributed by atoms with van der Waals surface area (Å²) < 4.78 is 26.0. The van der Waals surface area contributed by atoms with Crippen LogP contribution < -0.4 is 16.3 Å². The van der Waals surface area contributed by atoms with Crippen LogP contribution in [0.3, 0.4) is 0 Å². The van der Waals surface area contributed by atoms with Gasteiger partial charge in [0.25, 0.3) is 11.5 Å². The minimum absolute atomic E-state index is 0.168. The van der Waals surface area contributed by atoms with Crippen LogP contribution in [0.5, 0.6) is 0 Å². The molecule has 0 radical (unpaired) electrons. The summed E-state index contributed by atoms with van der Waals surface area (Å²) >= 11 is 0. The molecule has 148 valence electrons. The molecule has 1 N–H and O–H groups in total. The summed E-state index contributed by atoms with van der Waals surface area (Å²) in [6.45, 7) is 7.10. The lowest BCUT2D eigenvalue weighted by Gasteiger charge is -2.32. The van der Waals surface area contributed by atoms with E-state index in [0.717, 1.165) is 11.0 Å². The Balaban J connectivity index is 1.83. The monoisotopic (exact) mass is 386 g/mol. The highest BCUT2D eigenvalue weighted by molar-refractivity contribution is 6.62. The van der Waals surface area contributed by atoms with Crippen molar-refractivity contribution in [1.29, 1.82) is 0 Å². The number of amides is 1. The number of benzene rings is 1. The zero-order valence-electron chi connectivity index (χ0n) is 16.5. The fraction of sp³-hybridized carbons (Fsp3) is 0.400. The molecule has 8 heteroatoms. The number of carbonyl (C=O) groups is 1. The Morgan fingerprint density at radius 2 is 1.82 bits per heavy atom. The smallest absolute Gasteiger partial charge is 0.399 e. The Hall–Kier alpha value is -2.45. The van der Waals surface area contributed by atoms with Crippen LogP contribution in [0.1, 0.15) is 33.3 Å². The fourth-order valence-electron chi connectivity index (χ4n) is 2.93. The molecule has 1 aromatic carbocycles. The average Bonchev–Trinajstić information content (AvgIpc) is 2.84. The minimum atomic E-state index is -1.08. The number of anilines is 1. The minimum Gasteiger partial charge on any atom is -0.399 e. The normalized spacial score (nSPS) is 17.5. The van der Waals surface area contributed by atoms with Gasteiger partial charge in [-0.15, -0.1) is 0 Å². The third-order valence-electron chi connectivity index (χ3n) is 5.22. The van der Waals surface area contributed by atoms with Crippen molar-refractivity contribution in [3.05, 3.63) is 58.5 Å². The SMILES string of the molecule is CC1(C)OB(c2ccc(=O)n(Cc3cccc(NC(=O)CF)c3)c2)OC1(C)C. The molecule has 0 bridgehead atoms. The van der Waals surface area contributed by atoms with Gasteiger partial charge in [0.2, 0.25) is 0 Å². The van der Waals surface area contributed by atoms with Crippen LogP contribution in [0.25, 0.3) is 0 Å². The summed E-state index contributed by atoms with van der Waals surface area (Å²) in [4.78, 5) is 23.5. The van der Waals surface area contributed by atoms with E-state index in [4.69, 9.17) is 9.31 Å². The van der Waals surface area contributed by atoms with Crippen LogP contribution >= 0.6 is 0 Å². The highest BCUT2D eigenvalue weighted by Gasteiger charge is 2.51. The van der Waals surface area contributed by atoms with Crippen molar-refractivity contribution in [3.8, 4) is 0 Å². The van der Waals surface area contributed by atoms with Crippen molar-refractivity contribution in [2.75, 3.05) is 12.0 Å². The molecule has 1 aromatic heterocycles. The van der Waals surface area contributed by atoms with Crippen LogP contribution in [0.4, 0.5) is 10.1 Å². The van der Waals surface area contributed by atoms with Gasteiger partial charge in [-0.3, -0.25) is 9.59 Å². The van der Waals surface area contributed by atoms with Gasteiger partial charge in [0.1, 0.15) is 0 Å². The number of nitrogens with one attached hydrogen (secondary N) is 1. The molecule has 1 aliphatic heterocycles. The Bertz CT molecular complexity index is 926. The first-order valence-corrected chi connectivity index (χ1v) is 9.12. The number of halogens is 1. The first kappa shape index (κ1) is 20.3. The maximum Gasteiger partial charge on any atom is 0.496 e. The molecular formula is C20H24BFN2O4. The zero-order chi connectivity index (χ0) is 20.5. The van der Waals surface area contributed by atoms with Crippen LogP contribution in [-0.4, -0.2) is 35.5 Å². The molecule has 0 unspecified atom stereocenters. The van der Waals surface area contributed by atoms with Crippen molar-refractivity contribution >= 4 is 24.2 Å². The molecule has 3 rings (SSSR count). The summed E-state index contributed by atoms with van der Waals surface area (Å²) in [6.07, 6.45) is 1.72. The Morgan fingerprint density at radius 1 is 1.14 bits per heavy atom. The van der Waals surface area contributed by atoms with Gasteiger partial charge in [-0.05, 0) is 50.9 Å². The third kappa shape index (κ3) is 4.18. The summed E-state index contributed by atoms with van der Waals surface area (Å²) in [5.41, 5.74) is 0.919. The molecule has 1 fully saturated rings. The second-order valence-electron chi connectivity index (χ2n) is 7.90. The standard InChI is InChI=1S/C20H24BFN2O4/c1-19(2)20(3,4)28-21(27-19)15-8-9-18(26)24(13-15)12-14-6-5-7-16(10-14)23-17(25)11-22/h5-10,13H,11-12H2,1-4H3,(H,23,25). The van der Waals surface area contributed by atoms with Crippen LogP contribution in [0, 0.1) is 0 Å². The Morgan fingerprint density at radius 3 is 2.46 bits per heavy atom. The van der Waals surface area contributed by atoms with Crippen molar-refractivity contribution in [2.24, 2.45) is 0 Å². The molecule has 2 heterocycles. The summed E-state index contributed by atoms with van der Waals surface area (Å²) in [6, 6.07) is 10.1. The van der Waals surface area contributed by atoms with Gasteiger partial charge in [0.15, 0.2) is 6.67 Å². The quantitative estimate of drug-likeness (QED) is 0.800. The number of pyridine rings is 1. The van der Waals surface area contributed by atoms with Gasteiger partial charge >= 0.3 is 7.12 Å². The van der Waals surface area contributed by atoms with Crippen LogP contribution in [0.2, 0.25) is 0 Å². The van der Waals surface area contributed by atoms with Crippen molar-refractivity contribution in [1.82, 2.24) is 4.57 Å². The lowest BCUT2D eigenvalue weighted by Crippen LogP contribution is -2.41. The summed E-state index contributed by atoms with van der Waals surface area (Å²) in [7, 11) is -0.563. The molecular weight excluding hydrogens is 362 g/mol. The molecule has 2 aromatic rings. The van der Waals surface area contributed by atoms with Gasteiger partial charge in [-0.2, -0.15) is 0 Å². The van der Waals surface area contributed by atoms with E-state index in [1.165, 1.54) is 6.07 Å². The van der Waals surface area contributed by atoms with Gasteiger partial charge in [-0.1, -0.05) is 18.2 Å². The Kier molecular flexibility index (Phi) is 5.45. The third-order valence-corrected chi connectivity index (χ3v) is 5.22. The average molecular weight is 386 g/mol. The van der Waals surface area contributed by atoms with Gasteiger partial charge < -0.3 is 19.2 Å². The first-order chi connectivity index (χ1) is 13.1. The zero-order valence-corrected chi connectivity index (χ0v) is 16.5. The van der Waals surface area contributed by atoms with Crippen molar-refractivity contribution in [2.45, 2.75) is 45.4 Å². The number of nitrogens with zero attached hydrogens (tertiary/aromatic N) is 1. The number of hydrogen-bond donors (Lipinski definition) is 1. The summed E-state index contributed by atoms with van der Waals surface area (Å²) in [5, 5.41) is 2.47. The second-order valence-corrected chi connectivity index (χ2v) is 7.90. The maximum atomic E-state index is 12.4. The Labute approximate surface area is 163 Å². The molecule has 1 aliphatic rings. The van der Waals surface area contributed by atoms with E-state index in [1.807, 2.05) is 33.8 Å². The fourth-order valence-corrected chi connectivity index (χ4v) is 2.93. The van der Waals surface area contributed by atoms with E-state index in [-0.39, 0.29) is 5.56 Å². The molecule has 1 amide bonds. The largest absolute Gasteiger partial charge is 0.496 e. The highest BCUT2D eigenvalue weighted by Crippen LogP contribution is 2.36. The molecule has 6 nitrogen and oxygen atoms in total. The highest BCUT2D eigenvalue weighted by atomic mass is 19.1. The van der Waals surface area contributed by atoms with E-state index in [9.17, 15) is 14.0 Å². The van der Waals surface area contributed by atoms with E-state index in [1.54, 1.807) is 35.0 Å². The number of alkyl halides is 1. The number of carbonyl (C=O) groups excluding carboxylic acids is 1. The molecule has 0 spiro atoms. The topological polar surface area (TPSA) is 69.6 Å². The predicted molar refractivity (Wildman–Crippen MR) is 107 cm³/mol. The van der Waals surface area contributed by atoms with E-state index < -0.39 is 30.9 Å². The predicted octanol–water partition coefficient (Wildman–Crippen LogP) is 2.10. The van der Waals surface area contributed by atoms with Crippen LogP contribution in [0.15, 0.2) is 47.4 Å². The number of rotatable bonds is 5. The van der Waals surface area contributed by atoms with Crippen LogP contribution in [-0.2, 0) is 20.6 Å². The van der Waals surface area contributed by atoms with E-state index in [2.05, 4.69) is 5.32 Å². The maximum absolute atomic E-state index is 12.4. The molecule has 0 atom stereocenters. The molecule has 0 aliphatic carbocycles. The van der Waals surface area contributed by atoms with E-state index >= 15 is 0 Å². The van der Waals surface area contributed by atoms with Crippen molar-refractivity contribution < 1.29 is 18.5 Å². The second kappa shape index (κ2) is 7.52. The van der Waals surface area contributed by atoms with Gasteiger partial charge in [0, 0.05) is 18.0 Å². The van der Waals surface area contributed by atoms with Gasteiger partial charge in [-0.25, -0.2) is 4.39 Å².